The molecule has 0 radical (unpaired) electrons. The highest BCUT2D eigenvalue weighted by Gasteiger charge is 1.96. The van der Waals surface area contributed by atoms with Gasteiger partial charge in [-0.3, -0.25) is 0 Å². The summed E-state index contributed by atoms with van der Waals surface area (Å²) in [6.45, 7) is 6.10. The van der Waals surface area contributed by atoms with E-state index < -0.39 is 0 Å². The van der Waals surface area contributed by atoms with Crippen molar-refractivity contribution in [3.8, 4) is 0 Å². The van der Waals surface area contributed by atoms with Crippen LogP contribution in [0.5, 0.6) is 0 Å². The zero-order valence-corrected chi connectivity index (χ0v) is 8.06. The highest BCUT2D eigenvalue weighted by molar-refractivity contribution is 6.17. The predicted octanol–water partition coefficient (Wildman–Crippen LogP) is 2.06. The monoisotopic (exact) mass is 180 g/mol. The first-order valence-corrected chi connectivity index (χ1v) is 4.60. The van der Waals surface area contributed by atoms with E-state index in [2.05, 4.69) is 13.8 Å². The molecule has 0 saturated heterocycles. The normalized spacial score (nSPS) is 13.4. The van der Waals surface area contributed by atoms with Crippen LogP contribution in [0.3, 0.4) is 0 Å². The van der Waals surface area contributed by atoms with E-state index in [1.54, 1.807) is 0 Å². The van der Waals surface area contributed by atoms with Gasteiger partial charge >= 0.3 is 0 Å². The van der Waals surface area contributed by atoms with E-state index in [0.29, 0.717) is 31.8 Å². The van der Waals surface area contributed by atoms with Gasteiger partial charge in [-0.25, -0.2) is 0 Å². The van der Waals surface area contributed by atoms with Crippen LogP contribution in [0.25, 0.3) is 0 Å². The highest BCUT2D eigenvalue weighted by Crippen LogP contribution is 1.94. The number of halogens is 1. The van der Waals surface area contributed by atoms with Crippen molar-refractivity contribution < 1.29 is 9.47 Å². The molecule has 0 aromatic rings. The zero-order chi connectivity index (χ0) is 8.53. The summed E-state index contributed by atoms with van der Waals surface area (Å²) >= 11 is 5.40. The maximum Gasteiger partial charge on any atom is 0.0704 e. The molecule has 0 aromatic carbocycles. The van der Waals surface area contributed by atoms with Crippen molar-refractivity contribution >= 4 is 11.6 Å². The van der Waals surface area contributed by atoms with E-state index in [4.69, 9.17) is 21.1 Å². The minimum absolute atomic E-state index is 0.342. The average molecular weight is 181 g/mol. The third-order valence-electron chi connectivity index (χ3n) is 1.43. The summed E-state index contributed by atoms with van der Waals surface area (Å²) in [6.07, 6.45) is 1.39. The second kappa shape index (κ2) is 8.31. The highest BCUT2D eigenvalue weighted by atomic mass is 35.5. The topological polar surface area (TPSA) is 18.5 Å². The van der Waals surface area contributed by atoms with E-state index in [-0.39, 0.29) is 0 Å². The Labute approximate surface area is 73.8 Å². The third kappa shape index (κ3) is 8.11. The molecule has 1 atom stereocenters. The van der Waals surface area contributed by atoms with Gasteiger partial charge < -0.3 is 9.47 Å². The molecule has 0 aromatic heterocycles. The smallest absolute Gasteiger partial charge is 0.0704 e. The van der Waals surface area contributed by atoms with Gasteiger partial charge in [-0.05, 0) is 13.3 Å². The summed E-state index contributed by atoms with van der Waals surface area (Å²) < 4.78 is 10.5. The Hall–Kier alpha value is 0.210. The Kier molecular flexibility index (Phi) is 8.47. The Morgan fingerprint density at radius 2 is 2.00 bits per heavy atom. The Morgan fingerprint density at radius 3 is 2.55 bits per heavy atom. The molecule has 2 nitrogen and oxygen atoms in total. The number of hydrogen-bond acceptors (Lipinski definition) is 2. The summed E-state index contributed by atoms with van der Waals surface area (Å²) in [4.78, 5) is 0. The molecule has 0 fully saturated rings. The van der Waals surface area contributed by atoms with Gasteiger partial charge in [0.15, 0.2) is 0 Å². The van der Waals surface area contributed by atoms with E-state index in [1.807, 2.05) is 0 Å². The third-order valence-corrected chi connectivity index (χ3v) is 1.58. The van der Waals surface area contributed by atoms with Gasteiger partial charge in [-0.2, -0.15) is 0 Å². The van der Waals surface area contributed by atoms with E-state index in [1.165, 1.54) is 0 Å². The lowest BCUT2D eigenvalue weighted by Crippen LogP contribution is -2.12. The van der Waals surface area contributed by atoms with Crippen LogP contribution in [0.15, 0.2) is 0 Å². The fourth-order valence-corrected chi connectivity index (χ4v) is 0.692. The van der Waals surface area contributed by atoms with Crippen molar-refractivity contribution in [1.29, 1.82) is 0 Å². The lowest BCUT2D eigenvalue weighted by Gasteiger charge is -2.09. The van der Waals surface area contributed by atoms with Crippen LogP contribution >= 0.6 is 11.6 Å². The molecule has 0 N–H and O–H groups in total. The number of rotatable bonds is 7. The molecule has 0 amide bonds. The number of ether oxygens (including phenoxy) is 2. The van der Waals surface area contributed by atoms with Crippen LogP contribution in [0.1, 0.15) is 20.3 Å². The quantitative estimate of drug-likeness (QED) is 0.441. The lowest BCUT2D eigenvalue weighted by atomic mass is 10.3. The Morgan fingerprint density at radius 1 is 1.27 bits per heavy atom. The molecule has 0 aliphatic carbocycles. The molecule has 0 heterocycles. The summed E-state index contributed by atoms with van der Waals surface area (Å²) in [6, 6.07) is 0. The van der Waals surface area contributed by atoms with Gasteiger partial charge in [-0.15, -0.1) is 11.6 Å². The number of hydrogen-bond donors (Lipinski definition) is 0. The first kappa shape index (κ1) is 11.2. The molecular formula is C8H17ClO2. The molecule has 0 aliphatic heterocycles. The van der Waals surface area contributed by atoms with E-state index in [0.717, 1.165) is 6.42 Å². The fraction of sp³-hybridized carbons (Fsp3) is 1.00. The molecule has 68 valence electrons. The summed E-state index contributed by atoms with van der Waals surface area (Å²) in [5.41, 5.74) is 0. The van der Waals surface area contributed by atoms with Crippen molar-refractivity contribution in [2.75, 3.05) is 25.7 Å². The lowest BCUT2D eigenvalue weighted by molar-refractivity contribution is 0.0146. The second-order valence-corrected chi connectivity index (χ2v) is 2.77. The average Bonchev–Trinajstić information content (AvgIpc) is 2.04. The molecule has 0 spiro atoms. The van der Waals surface area contributed by atoms with Gasteiger partial charge in [-0.1, -0.05) is 6.92 Å². The van der Waals surface area contributed by atoms with Gasteiger partial charge in [0.1, 0.15) is 0 Å². The second-order valence-electron chi connectivity index (χ2n) is 2.39. The largest absolute Gasteiger partial charge is 0.378 e. The van der Waals surface area contributed by atoms with Crippen molar-refractivity contribution in [3.63, 3.8) is 0 Å². The maximum atomic E-state index is 5.40. The van der Waals surface area contributed by atoms with Gasteiger partial charge in [0.05, 0.1) is 25.9 Å². The van der Waals surface area contributed by atoms with Crippen molar-refractivity contribution in [2.24, 2.45) is 0 Å². The molecule has 0 rings (SSSR count). The molecule has 3 heteroatoms. The Bertz CT molecular complexity index is 78.5. The number of alkyl halides is 1. The van der Waals surface area contributed by atoms with Crippen molar-refractivity contribution in [3.05, 3.63) is 0 Å². The molecule has 0 aliphatic rings. The van der Waals surface area contributed by atoms with Crippen LogP contribution < -0.4 is 0 Å². The first-order chi connectivity index (χ1) is 5.31. The van der Waals surface area contributed by atoms with Crippen LogP contribution in [0.2, 0.25) is 0 Å². The van der Waals surface area contributed by atoms with Crippen LogP contribution in [-0.2, 0) is 9.47 Å². The standard InChI is InChI=1S/C8H17ClO2/c1-3-8(2)11-7-6-10-5-4-9/h8H,3-7H2,1-2H3. The minimum atomic E-state index is 0.342. The molecule has 0 saturated carbocycles. The predicted molar refractivity (Wildman–Crippen MR) is 47.2 cm³/mol. The summed E-state index contributed by atoms with van der Waals surface area (Å²) in [7, 11) is 0. The van der Waals surface area contributed by atoms with Crippen LogP contribution in [0, 0.1) is 0 Å². The first-order valence-electron chi connectivity index (χ1n) is 4.06. The van der Waals surface area contributed by atoms with Crippen molar-refractivity contribution in [2.45, 2.75) is 26.4 Å². The molecule has 1 unspecified atom stereocenters. The Balaban J connectivity index is 2.89. The minimum Gasteiger partial charge on any atom is -0.378 e. The fourth-order valence-electron chi connectivity index (χ4n) is 0.583. The van der Waals surface area contributed by atoms with Crippen LogP contribution in [-0.4, -0.2) is 31.8 Å². The SMILES string of the molecule is CCC(C)OCCOCCCl. The summed E-state index contributed by atoms with van der Waals surface area (Å²) in [5, 5.41) is 0. The molecule has 11 heavy (non-hydrogen) atoms. The van der Waals surface area contributed by atoms with Gasteiger partial charge in [0, 0.05) is 5.88 Å². The summed E-state index contributed by atoms with van der Waals surface area (Å²) in [5.74, 6) is 0.559. The van der Waals surface area contributed by atoms with E-state index >= 15 is 0 Å². The van der Waals surface area contributed by atoms with Crippen LogP contribution in [0.4, 0.5) is 0 Å². The van der Waals surface area contributed by atoms with E-state index in [9.17, 15) is 0 Å². The maximum absolute atomic E-state index is 5.40. The molecule has 0 bridgehead atoms. The van der Waals surface area contributed by atoms with Gasteiger partial charge in [0.25, 0.3) is 0 Å². The van der Waals surface area contributed by atoms with Gasteiger partial charge in [0.2, 0.25) is 0 Å². The van der Waals surface area contributed by atoms with Crippen molar-refractivity contribution in [1.82, 2.24) is 0 Å². The molecular weight excluding hydrogens is 164 g/mol. The zero-order valence-electron chi connectivity index (χ0n) is 7.31.